The summed E-state index contributed by atoms with van der Waals surface area (Å²) in [6, 6.07) is 14.6. The van der Waals surface area contributed by atoms with Crippen LogP contribution in [0.3, 0.4) is 0 Å². The van der Waals surface area contributed by atoms with Crippen LogP contribution in [0.4, 0.5) is 5.95 Å². The predicted molar refractivity (Wildman–Crippen MR) is 203 cm³/mol. The molecule has 1 amide bonds. The molecule has 3 aromatic heterocycles. The molecule has 4 bridgehead atoms. The van der Waals surface area contributed by atoms with E-state index >= 15 is 4.79 Å². The van der Waals surface area contributed by atoms with Crippen molar-refractivity contribution in [3.05, 3.63) is 88.9 Å². The molecule has 1 N–H and O–H groups in total. The number of nitrogens with zero attached hydrogens (tertiary/aromatic N) is 6. The Balaban J connectivity index is 1.42. The van der Waals surface area contributed by atoms with Gasteiger partial charge in [-0.3, -0.25) is 9.78 Å². The minimum absolute atomic E-state index is 0.0166. The van der Waals surface area contributed by atoms with E-state index in [9.17, 15) is 8.42 Å². The number of nitrogens with one attached hydrogen (secondary N) is 1. The minimum atomic E-state index is -4.22. The third-order valence-electron chi connectivity index (χ3n) is 10.1. The maximum Gasteiger partial charge on any atom is 0.264 e. The lowest BCUT2D eigenvalue weighted by molar-refractivity contribution is -0.0544. The number of amides is 1. The Morgan fingerprint density at radius 3 is 2.43 bits per heavy atom. The van der Waals surface area contributed by atoms with Crippen LogP contribution in [0.25, 0.3) is 22.4 Å². The second-order valence-corrected chi connectivity index (χ2v) is 17.1. The number of fused-ring (bicyclic) bond motifs is 6. The fourth-order valence-corrected chi connectivity index (χ4v) is 8.68. The first kappa shape index (κ1) is 36.5. The Bertz CT molecular complexity index is 2290. The van der Waals surface area contributed by atoms with Gasteiger partial charge in [0.05, 0.1) is 46.8 Å². The number of aryl methyl sites for hydroxylation is 3. The Hall–Kier alpha value is -4.88. The fourth-order valence-electron chi connectivity index (χ4n) is 7.69. The molecule has 2 aromatic carbocycles. The maximum absolute atomic E-state index is 15.0. The van der Waals surface area contributed by atoms with Crippen LogP contribution in [0.15, 0.2) is 65.7 Å². The lowest BCUT2D eigenvalue weighted by Crippen LogP contribution is -2.52. The lowest BCUT2D eigenvalue weighted by atomic mass is 9.92. The van der Waals surface area contributed by atoms with Crippen molar-refractivity contribution in [2.24, 2.45) is 7.05 Å². The molecule has 1 saturated heterocycles. The van der Waals surface area contributed by atoms with E-state index in [1.807, 2.05) is 52.9 Å². The van der Waals surface area contributed by atoms with Gasteiger partial charge in [-0.15, -0.1) is 0 Å². The van der Waals surface area contributed by atoms with Gasteiger partial charge in [0.2, 0.25) is 11.8 Å². The Kier molecular flexibility index (Phi) is 9.52. The monoisotopic (exact) mass is 737 g/mol. The second kappa shape index (κ2) is 13.8. The summed E-state index contributed by atoms with van der Waals surface area (Å²) in [5, 5.41) is 0. The first-order valence-corrected chi connectivity index (χ1v) is 19.6. The molecule has 3 atom stereocenters. The number of anilines is 1. The highest BCUT2D eigenvalue weighted by molar-refractivity contribution is 7.92. The SMILES string of the molecule is Cc1cccc(C)c1-c1cc2nc(n1)NS(=O)(=O)c1cccc(c1)C(=O)N1[C@@H](c3cnc4cc(C(C)(C)C)n(C)c4n3)CCC[C@H](OC(C)C)[C@@H]1CO2. The largest absolute Gasteiger partial charge is 0.475 e. The summed E-state index contributed by atoms with van der Waals surface area (Å²) in [5.74, 6) is -0.336. The number of benzene rings is 2. The van der Waals surface area contributed by atoms with Crippen molar-refractivity contribution in [3.8, 4) is 17.1 Å². The van der Waals surface area contributed by atoms with Crippen LogP contribution in [0.1, 0.15) is 92.8 Å². The molecular formula is C40H47N7O5S. The van der Waals surface area contributed by atoms with Gasteiger partial charge in [0, 0.05) is 35.3 Å². The first-order chi connectivity index (χ1) is 25.1. The molecule has 13 heteroatoms. The molecule has 0 unspecified atom stereocenters. The number of aromatic nitrogens is 5. The average molecular weight is 738 g/mol. The van der Waals surface area contributed by atoms with E-state index in [2.05, 4.69) is 46.1 Å². The summed E-state index contributed by atoms with van der Waals surface area (Å²) < 4.78 is 45.5. The van der Waals surface area contributed by atoms with E-state index in [0.717, 1.165) is 40.0 Å². The van der Waals surface area contributed by atoms with E-state index in [1.54, 1.807) is 29.3 Å². The van der Waals surface area contributed by atoms with Crippen LogP contribution < -0.4 is 9.46 Å². The summed E-state index contributed by atoms with van der Waals surface area (Å²) in [4.78, 5) is 35.9. The summed E-state index contributed by atoms with van der Waals surface area (Å²) in [6.07, 6.45) is 3.22. The number of ether oxygens (including phenoxy) is 2. The van der Waals surface area contributed by atoms with Crippen LogP contribution in [-0.4, -0.2) is 68.6 Å². The van der Waals surface area contributed by atoms with E-state index in [1.165, 1.54) is 12.1 Å². The fraction of sp³-hybridized carbons (Fsp3) is 0.425. The van der Waals surface area contributed by atoms with E-state index in [0.29, 0.717) is 24.2 Å². The molecule has 5 heterocycles. The van der Waals surface area contributed by atoms with Crippen LogP contribution in [0.2, 0.25) is 0 Å². The van der Waals surface area contributed by atoms with Crippen molar-refractivity contribution in [3.63, 3.8) is 0 Å². The summed E-state index contributed by atoms with van der Waals surface area (Å²) in [6.45, 7) is 14.4. The molecule has 2 aliphatic heterocycles. The highest BCUT2D eigenvalue weighted by atomic mass is 32.2. The van der Waals surface area contributed by atoms with Gasteiger partial charge in [-0.05, 0) is 82.3 Å². The second-order valence-electron chi connectivity index (χ2n) is 15.4. The van der Waals surface area contributed by atoms with Crippen molar-refractivity contribution in [2.45, 2.75) is 102 Å². The molecule has 1 fully saturated rings. The number of rotatable bonds is 4. The number of hydrogen-bond donors (Lipinski definition) is 1. The van der Waals surface area contributed by atoms with Crippen LogP contribution in [-0.2, 0) is 27.2 Å². The molecule has 0 saturated carbocycles. The number of hydrogen-bond acceptors (Lipinski definition) is 9. The van der Waals surface area contributed by atoms with Crippen molar-refractivity contribution < 1.29 is 22.7 Å². The molecule has 2 aliphatic rings. The van der Waals surface area contributed by atoms with E-state index in [4.69, 9.17) is 19.4 Å². The minimum Gasteiger partial charge on any atom is -0.475 e. The van der Waals surface area contributed by atoms with Crippen LogP contribution >= 0.6 is 0 Å². The zero-order valence-corrected chi connectivity index (χ0v) is 32.4. The van der Waals surface area contributed by atoms with Crippen molar-refractivity contribution in [1.29, 1.82) is 0 Å². The molecule has 0 aliphatic carbocycles. The first-order valence-electron chi connectivity index (χ1n) is 18.1. The molecule has 5 aromatic rings. The number of sulfonamides is 1. The quantitative estimate of drug-likeness (QED) is 0.205. The Labute approximate surface area is 311 Å². The van der Waals surface area contributed by atoms with Crippen molar-refractivity contribution in [1.82, 2.24) is 29.4 Å². The zero-order valence-electron chi connectivity index (χ0n) is 31.5. The lowest BCUT2D eigenvalue weighted by Gasteiger charge is -2.39. The molecule has 12 nitrogen and oxygen atoms in total. The van der Waals surface area contributed by atoms with E-state index in [-0.39, 0.29) is 46.3 Å². The van der Waals surface area contributed by atoms with Crippen molar-refractivity contribution in [2.75, 3.05) is 11.3 Å². The summed E-state index contributed by atoms with van der Waals surface area (Å²) in [7, 11) is -2.23. The molecule has 53 heavy (non-hydrogen) atoms. The van der Waals surface area contributed by atoms with Gasteiger partial charge in [-0.2, -0.15) is 4.98 Å². The maximum atomic E-state index is 15.0. The third-order valence-corrected chi connectivity index (χ3v) is 11.4. The third kappa shape index (κ3) is 7.11. The van der Waals surface area contributed by atoms with Gasteiger partial charge in [-0.25, -0.2) is 23.1 Å². The molecule has 278 valence electrons. The topological polar surface area (TPSA) is 141 Å². The highest BCUT2D eigenvalue weighted by Crippen LogP contribution is 2.38. The standard InChI is InChI=1S/C40H47N7O5S/c1-23(2)52-33-17-11-16-31(30-21-41-29-19-34(40(5,6)7)46(8)37(29)42-30)47-32(33)22-51-35-20-28(36-24(3)12-9-13-25(36)4)43-39(44-35)45-53(49,50)27-15-10-14-26(18-27)38(47)48/h9-10,12-15,18-21,23,31-33H,11,16-17,22H2,1-8H3,(H,43,44,45)/t31-,32+,33+/m1/s1. The molecule has 7 rings (SSSR count). The number of carbonyl (C=O) groups is 1. The normalized spacial score (nSPS) is 20.4. The summed E-state index contributed by atoms with van der Waals surface area (Å²) >= 11 is 0. The molecular weight excluding hydrogens is 691 g/mol. The number of carbonyl (C=O) groups excluding carboxylic acids is 1. The van der Waals surface area contributed by atoms with Gasteiger partial charge < -0.3 is 18.9 Å². The highest BCUT2D eigenvalue weighted by Gasteiger charge is 2.42. The zero-order chi connectivity index (χ0) is 37.8. The smallest absolute Gasteiger partial charge is 0.264 e. The van der Waals surface area contributed by atoms with Gasteiger partial charge in [0.25, 0.3) is 15.9 Å². The average Bonchev–Trinajstić information content (AvgIpc) is 3.33. The Morgan fingerprint density at radius 1 is 0.981 bits per heavy atom. The summed E-state index contributed by atoms with van der Waals surface area (Å²) in [5.41, 5.74) is 6.60. The van der Waals surface area contributed by atoms with Gasteiger partial charge in [0.1, 0.15) is 12.1 Å². The van der Waals surface area contributed by atoms with Gasteiger partial charge in [0.15, 0.2) is 5.65 Å². The van der Waals surface area contributed by atoms with Crippen LogP contribution in [0, 0.1) is 13.8 Å². The predicted octanol–water partition coefficient (Wildman–Crippen LogP) is 7.06. The van der Waals surface area contributed by atoms with Crippen LogP contribution in [0.5, 0.6) is 5.88 Å². The molecule has 0 radical (unpaired) electrons. The van der Waals surface area contributed by atoms with Gasteiger partial charge in [-0.1, -0.05) is 45.0 Å². The van der Waals surface area contributed by atoms with Crippen molar-refractivity contribution >= 4 is 33.0 Å². The molecule has 0 spiro atoms. The van der Waals surface area contributed by atoms with E-state index < -0.39 is 28.2 Å². The van der Waals surface area contributed by atoms with Gasteiger partial charge >= 0.3 is 0 Å². The Morgan fingerprint density at radius 2 is 1.72 bits per heavy atom.